The lowest BCUT2D eigenvalue weighted by molar-refractivity contribution is 0.205. The molecular weight excluding hydrogens is 270 g/mol. The molecule has 2 N–H and O–H groups in total. The second-order valence-electron chi connectivity index (χ2n) is 3.98. The summed E-state index contributed by atoms with van der Waals surface area (Å²) in [7, 11) is 1.71. The highest BCUT2D eigenvalue weighted by Crippen LogP contribution is 2.33. The number of ether oxygens (including phenoxy) is 1. The third-order valence-corrected chi connectivity index (χ3v) is 3.09. The molecule has 88 valence electrons. The minimum atomic E-state index is 0.589. The number of rotatable bonds is 5. The second-order valence-corrected chi connectivity index (χ2v) is 4.90. The van der Waals surface area contributed by atoms with Crippen LogP contribution in [0.15, 0.2) is 16.7 Å². The van der Waals surface area contributed by atoms with E-state index in [0.29, 0.717) is 12.6 Å². The quantitative estimate of drug-likeness (QED) is 0.900. The number of hydrogen-bond acceptors (Lipinski definition) is 4. The molecule has 0 atom stereocenters. The van der Waals surface area contributed by atoms with Crippen LogP contribution in [0, 0.1) is 0 Å². The number of hydrogen-bond donors (Lipinski definition) is 1. The highest BCUT2D eigenvalue weighted by atomic mass is 79.9. The van der Waals surface area contributed by atoms with Crippen molar-refractivity contribution in [3.05, 3.63) is 16.7 Å². The minimum Gasteiger partial charge on any atom is -0.396 e. The summed E-state index contributed by atoms with van der Waals surface area (Å²) < 4.78 is 6.03. The molecule has 0 radical (unpaired) electrons. The third-order valence-electron chi connectivity index (χ3n) is 2.66. The zero-order valence-electron chi connectivity index (χ0n) is 9.32. The van der Waals surface area contributed by atoms with Crippen LogP contribution in [-0.4, -0.2) is 31.3 Å². The summed E-state index contributed by atoms with van der Waals surface area (Å²) in [6, 6.07) is 2.48. The van der Waals surface area contributed by atoms with Crippen LogP contribution < -0.4 is 10.6 Å². The molecule has 1 saturated carbocycles. The summed E-state index contributed by atoms with van der Waals surface area (Å²) in [5.74, 6) is 0.878. The molecule has 1 aromatic rings. The molecule has 1 aromatic heterocycles. The number of nitrogens with two attached hydrogens (primary N) is 1. The molecule has 0 unspecified atom stereocenters. The lowest BCUT2D eigenvalue weighted by atomic mass is 10.3. The number of halogens is 1. The van der Waals surface area contributed by atoms with Gasteiger partial charge in [0.2, 0.25) is 0 Å². The Hall–Kier alpha value is -0.810. The zero-order chi connectivity index (χ0) is 11.5. The first-order chi connectivity index (χ1) is 7.72. The smallest absolute Gasteiger partial charge is 0.152 e. The fourth-order valence-corrected chi connectivity index (χ4v) is 2.07. The van der Waals surface area contributed by atoms with Crippen molar-refractivity contribution in [2.45, 2.75) is 18.9 Å². The van der Waals surface area contributed by atoms with Gasteiger partial charge in [-0.3, -0.25) is 0 Å². The van der Waals surface area contributed by atoms with Crippen molar-refractivity contribution in [3.8, 4) is 0 Å². The van der Waals surface area contributed by atoms with E-state index in [4.69, 9.17) is 10.5 Å². The summed E-state index contributed by atoms with van der Waals surface area (Å²) in [5, 5.41) is 0. The zero-order valence-corrected chi connectivity index (χ0v) is 10.9. The van der Waals surface area contributed by atoms with Crippen LogP contribution in [0.3, 0.4) is 0 Å². The Balaban J connectivity index is 2.17. The van der Waals surface area contributed by atoms with Crippen molar-refractivity contribution < 1.29 is 4.74 Å². The van der Waals surface area contributed by atoms with E-state index >= 15 is 0 Å². The summed E-state index contributed by atoms with van der Waals surface area (Å²) in [6.07, 6.45) is 4.23. The van der Waals surface area contributed by atoms with Gasteiger partial charge >= 0.3 is 0 Å². The van der Waals surface area contributed by atoms with Gasteiger partial charge in [-0.25, -0.2) is 4.98 Å². The van der Waals surface area contributed by atoms with Crippen molar-refractivity contribution in [2.24, 2.45) is 0 Å². The maximum atomic E-state index is 5.98. The van der Waals surface area contributed by atoms with Gasteiger partial charge in [0.1, 0.15) is 0 Å². The molecule has 0 amide bonds. The SMILES string of the molecule is COCCN(c1ncc(Br)cc1N)C1CC1. The van der Waals surface area contributed by atoms with Gasteiger partial charge in [0, 0.05) is 30.4 Å². The van der Waals surface area contributed by atoms with Crippen molar-refractivity contribution in [1.82, 2.24) is 4.98 Å². The fourth-order valence-electron chi connectivity index (χ4n) is 1.72. The highest BCUT2D eigenvalue weighted by Gasteiger charge is 2.30. The molecule has 2 rings (SSSR count). The molecule has 0 aromatic carbocycles. The van der Waals surface area contributed by atoms with Gasteiger partial charge in [0.05, 0.1) is 12.3 Å². The lowest BCUT2D eigenvalue weighted by Crippen LogP contribution is -2.30. The first-order valence-corrected chi connectivity index (χ1v) is 6.18. The predicted octanol–water partition coefficient (Wildman–Crippen LogP) is 2.04. The summed E-state index contributed by atoms with van der Waals surface area (Å²) in [5.41, 5.74) is 6.70. The predicted molar refractivity (Wildman–Crippen MR) is 68.6 cm³/mol. The van der Waals surface area contributed by atoms with E-state index in [-0.39, 0.29) is 0 Å². The average Bonchev–Trinajstić information content (AvgIpc) is 3.05. The number of pyridine rings is 1. The second kappa shape index (κ2) is 5.01. The minimum absolute atomic E-state index is 0.589. The molecule has 16 heavy (non-hydrogen) atoms. The number of nitrogens with zero attached hydrogens (tertiary/aromatic N) is 2. The van der Waals surface area contributed by atoms with E-state index < -0.39 is 0 Å². The molecule has 1 aliphatic carbocycles. The van der Waals surface area contributed by atoms with E-state index in [9.17, 15) is 0 Å². The fraction of sp³-hybridized carbons (Fsp3) is 0.545. The Morgan fingerprint density at radius 1 is 1.62 bits per heavy atom. The Morgan fingerprint density at radius 3 is 2.94 bits per heavy atom. The summed E-state index contributed by atoms with van der Waals surface area (Å²) >= 11 is 3.37. The Morgan fingerprint density at radius 2 is 2.38 bits per heavy atom. The van der Waals surface area contributed by atoms with Crippen LogP contribution in [0.25, 0.3) is 0 Å². The van der Waals surface area contributed by atoms with Crippen LogP contribution in [0.5, 0.6) is 0 Å². The molecule has 0 bridgehead atoms. The van der Waals surface area contributed by atoms with E-state index in [2.05, 4.69) is 25.8 Å². The van der Waals surface area contributed by atoms with Gasteiger partial charge in [-0.1, -0.05) is 0 Å². The van der Waals surface area contributed by atoms with Gasteiger partial charge in [-0.15, -0.1) is 0 Å². The monoisotopic (exact) mass is 285 g/mol. The Bertz CT molecular complexity index is 368. The number of methoxy groups -OCH3 is 1. The van der Waals surface area contributed by atoms with Crippen molar-refractivity contribution in [3.63, 3.8) is 0 Å². The number of anilines is 2. The molecular formula is C11H16BrN3O. The van der Waals surface area contributed by atoms with E-state index in [0.717, 1.165) is 22.5 Å². The van der Waals surface area contributed by atoms with Crippen LogP contribution >= 0.6 is 15.9 Å². The van der Waals surface area contributed by atoms with Crippen molar-refractivity contribution in [1.29, 1.82) is 0 Å². The largest absolute Gasteiger partial charge is 0.396 e. The first kappa shape index (κ1) is 11.7. The van der Waals surface area contributed by atoms with Gasteiger partial charge in [0.25, 0.3) is 0 Å². The maximum Gasteiger partial charge on any atom is 0.152 e. The molecule has 1 aliphatic rings. The molecule has 1 heterocycles. The third kappa shape index (κ3) is 2.65. The molecule has 5 heteroatoms. The highest BCUT2D eigenvalue weighted by molar-refractivity contribution is 9.10. The van der Waals surface area contributed by atoms with Crippen molar-refractivity contribution >= 4 is 27.4 Å². The molecule has 0 spiro atoms. The van der Waals surface area contributed by atoms with E-state index in [1.807, 2.05) is 6.07 Å². The summed E-state index contributed by atoms with van der Waals surface area (Å²) in [4.78, 5) is 6.63. The molecule has 0 aliphatic heterocycles. The van der Waals surface area contributed by atoms with Crippen LogP contribution in [0.2, 0.25) is 0 Å². The van der Waals surface area contributed by atoms with Crippen LogP contribution in [0.1, 0.15) is 12.8 Å². The maximum absolute atomic E-state index is 5.98. The van der Waals surface area contributed by atoms with Gasteiger partial charge in [-0.2, -0.15) is 0 Å². The van der Waals surface area contributed by atoms with Crippen LogP contribution in [0.4, 0.5) is 11.5 Å². The average molecular weight is 286 g/mol. The number of aromatic nitrogens is 1. The van der Waals surface area contributed by atoms with Crippen molar-refractivity contribution in [2.75, 3.05) is 30.9 Å². The number of nitrogen functional groups attached to an aromatic ring is 1. The lowest BCUT2D eigenvalue weighted by Gasteiger charge is -2.24. The first-order valence-electron chi connectivity index (χ1n) is 5.39. The molecule has 0 saturated heterocycles. The Kier molecular flexibility index (Phi) is 3.66. The van der Waals surface area contributed by atoms with Gasteiger partial charge in [0.15, 0.2) is 5.82 Å². The standard InChI is InChI=1S/C11H16BrN3O/c1-16-5-4-15(9-2-3-9)11-10(13)6-8(12)7-14-11/h6-7,9H,2-5,13H2,1H3. The van der Waals surface area contributed by atoms with E-state index in [1.165, 1.54) is 12.8 Å². The Labute approximate surface area is 104 Å². The topological polar surface area (TPSA) is 51.4 Å². The summed E-state index contributed by atoms with van der Waals surface area (Å²) in [6.45, 7) is 1.55. The van der Waals surface area contributed by atoms with E-state index in [1.54, 1.807) is 13.3 Å². The van der Waals surface area contributed by atoms with Gasteiger partial charge in [-0.05, 0) is 34.8 Å². The van der Waals surface area contributed by atoms with Gasteiger partial charge < -0.3 is 15.4 Å². The molecule has 4 nitrogen and oxygen atoms in total. The molecule has 1 fully saturated rings. The van der Waals surface area contributed by atoms with Crippen LogP contribution in [-0.2, 0) is 4.74 Å². The normalized spacial score (nSPS) is 15.1.